The number of hydrogen-bond acceptors (Lipinski definition) is 0. The molecule has 0 spiro atoms. The third-order valence-corrected chi connectivity index (χ3v) is 6.69. The maximum absolute atomic E-state index is 2.46. The molecule has 1 aliphatic rings. The molecule has 0 nitrogen and oxygen atoms in total. The van der Waals surface area contributed by atoms with E-state index in [1.807, 2.05) is 0 Å². The van der Waals surface area contributed by atoms with E-state index in [4.69, 9.17) is 0 Å². The Hall–Kier alpha value is -0.950. The van der Waals surface area contributed by atoms with Crippen LogP contribution in [0.2, 0.25) is 0 Å². The van der Waals surface area contributed by atoms with Gasteiger partial charge in [-0.15, -0.1) is 34.5 Å². The predicted octanol–water partition coefficient (Wildman–Crippen LogP) is 8.24. The smallest absolute Gasteiger partial charge is 0.358 e. The summed E-state index contributed by atoms with van der Waals surface area (Å²) in [6, 6.07) is 9.52. The molecule has 0 saturated heterocycles. The summed E-state index contributed by atoms with van der Waals surface area (Å²) in [4.78, 5) is 0. The van der Waals surface area contributed by atoms with Gasteiger partial charge in [-0.3, -0.25) is 0 Å². The van der Waals surface area contributed by atoms with Gasteiger partial charge in [0.1, 0.15) is 0 Å². The Bertz CT molecular complexity index is 824. The number of unbranched alkanes of at least 4 members (excludes halogenated alkanes) is 1. The normalized spacial score (nSPS) is 11.7. The summed E-state index contributed by atoms with van der Waals surface area (Å²) in [6.07, 6.45) is 7.79. The molecule has 4 rings (SSSR count). The van der Waals surface area contributed by atoms with Crippen LogP contribution in [0.1, 0.15) is 70.7 Å². The van der Waals surface area contributed by atoms with Crippen molar-refractivity contribution in [3.8, 4) is 0 Å². The van der Waals surface area contributed by atoms with Crippen LogP contribution in [-0.2, 0) is 45.1 Å². The van der Waals surface area contributed by atoms with Crippen molar-refractivity contribution >= 4 is 10.8 Å². The summed E-state index contributed by atoms with van der Waals surface area (Å²) in [5, 5.41) is 2.99. The van der Waals surface area contributed by atoms with Gasteiger partial charge in [-0.05, 0) is 19.3 Å². The van der Waals surface area contributed by atoms with Crippen LogP contribution in [0.5, 0.6) is 0 Å². The van der Waals surface area contributed by atoms with Crippen molar-refractivity contribution < 1.29 is 25.8 Å². The van der Waals surface area contributed by atoms with Gasteiger partial charge in [0, 0.05) is 0 Å². The Morgan fingerprint density at radius 1 is 0.897 bits per heavy atom. The SMILES string of the molecule is CCCC[c-]1ccc2cc3c(cc21)CCC3.Cc1c(C)c(C)[c-](C)c1C.[CH3-].[CH3-].[Hf+4]. The third-order valence-electron chi connectivity index (χ3n) is 6.69. The second kappa shape index (κ2) is 12.0. The first-order chi connectivity index (χ1) is 12.4. The molecule has 0 aliphatic heterocycles. The first-order valence-corrected chi connectivity index (χ1v) is 10.3. The Morgan fingerprint density at radius 2 is 1.45 bits per heavy atom. The Balaban J connectivity index is 0.000000535. The van der Waals surface area contributed by atoms with E-state index in [0.717, 1.165) is 0 Å². The molecule has 0 N–H and O–H groups in total. The third kappa shape index (κ3) is 5.81. The molecule has 1 heteroatoms. The average Bonchev–Trinajstić information content (AvgIpc) is 3.31. The fourth-order valence-electron chi connectivity index (χ4n) is 4.33. The first kappa shape index (κ1) is 28.1. The molecule has 156 valence electrons. The summed E-state index contributed by atoms with van der Waals surface area (Å²) in [5.74, 6) is 0. The van der Waals surface area contributed by atoms with Crippen LogP contribution in [0.3, 0.4) is 0 Å². The maximum Gasteiger partial charge on any atom is 4.00 e. The fourth-order valence-corrected chi connectivity index (χ4v) is 4.33. The summed E-state index contributed by atoms with van der Waals surface area (Å²) in [5.41, 5.74) is 12.1. The Labute approximate surface area is 199 Å². The summed E-state index contributed by atoms with van der Waals surface area (Å²) >= 11 is 0. The molecule has 3 aromatic carbocycles. The van der Waals surface area contributed by atoms with Gasteiger partial charge in [-0.2, -0.15) is 33.9 Å². The molecule has 1 aliphatic carbocycles. The Kier molecular flexibility index (Phi) is 11.6. The zero-order valence-electron chi connectivity index (χ0n) is 20.1. The van der Waals surface area contributed by atoms with Gasteiger partial charge in [0.15, 0.2) is 0 Å². The van der Waals surface area contributed by atoms with E-state index in [1.165, 1.54) is 77.1 Å². The van der Waals surface area contributed by atoms with Gasteiger partial charge < -0.3 is 14.9 Å². The maximum atomic E-state index is 2.46. The van der Waals surface area contributed by atoms with Crippen molar-refractivity contribution in [2.75, 3.05) is 0 Å². The number of hydrogen-bond donors (Lipinski definition) is 0. The molecule has 0 heterocycles. The van der Waals surface area contributed by atoms with E-state index < -0.39 is 0 Å². The number of aryl methyl sites for hydroxylation is 3. The van der Waals surface area contributed by atoms with Gasteiger partial charge in [0.2, 0.25) is 0 Å². The van der Waals surface area contributed by atoms with Crippen molar-refractivity contribution in [3.63, 3.8) is 0 Å². The quantitative estimate of drug-likeness (QED) is 0.226. The second-order valence-corrected chi connectivity index (χ2v) is 8.15. The minimum atomic E-state index is 0. The minimum Gasteiger partial charge on any atom is -0.358 e. The molecule has 0 radical (unpaired) electrons. The largest absolute Gasteiger partial charge is 4.00 e. The van der Waals surface area contributed by atoms with Crippen molar-refractivity contribution in [2.45, 2.75) is 80.1 Å². The molecular weight excluding hydrogens is 515 g/mol. The van der Waals surface area contributed by atoms with E-state index >= 15 is 0 Å². The molecule has 0 aromatic heterocycles. The van der Waals surface area contributed by atoms with Crippen LogP contribution in [0, 0.1) is 49.5 Å². The zero-order valence-corrected chi connectivity index (χ0v) is 23.6. The van der Waals surface area contributed by atoms with Crippen molar-refractivity contribution in [1.29, 1.82) is 0 Å². The molecule has 0 amide bonds. The summed E-state index contributed by atoms with van der Waals surface area (Å²) < 4.78 is 0. The van der Waals surface area contributed by atoms with Crippen LogP contribution >= 0.6 is 0 Å². The molecule has 0 unspecified atom stereocenters. The molecule has 29 heavy (non-hydrogen) atoms. The van der Waals surface area contributed by atoms with E-state index in [1.54, 1.807) is 16.7 Å². The summed E-state index contributed by atoms with van der Waals surface area (Å²) in [6.45, 7) is 13.3. The summed E-state index contributed by atoms with van der Waals surface area (Å²) in [7, 11) is 0. The topological polar surface area (TPSA) is 0 Å². The molecule has 0 bridgehead atoms. The van der Waals surface area contributed by atoms with Gasteiger partial charge in [0.05, 0.1) is 0 Å². The molecule has 0 fully saturated rings. The average molecular weight is 555 g/mol. The van der Waals surface area contributed by atoms with Crippen molar-refractivity contribution in [2.24, 2.45) is 0 Å². The van der Waals surface area contributed by atoms with Gasteiger partial charge in [-0.25, -0.2) is 0 Å². The van der Waals surface area contributed by atoms with E-state index in [9.17, 15) is 0 Å². The van der Waals surface area contributed by atoms with Crippen LogP contribution in [0.4, 0.5) is 0 Å². The van der Waals surface area contributed by atoms with Crippen molar-refractivity contribution in [1.82, 2.24) is 0 Å². The van der Waals surface area contributed by atoms with Crippen LogP contribution in [-0.4, -0.2) is 0 Å². The standard InChI is InChI=1S/C16H19.C10H15.2CH3.Hf/c1-2-3-5-12-8-9-15-10-13-6-4-7-14(13)11-16(12)15;1-6-7(2)9(4)10(5)8(6)3;;;/h8-11H,2-7H2,1H3;1-5H3;2*1H3;/q4*-1;+4. The second-order valence-electron chi connectivity index (χ2n) is 8.15. The number of benzene rings is 1. The Morgan fingerprint density at radius 3 is 1.93 bits per heavy atom. The van der Waals surface area contributed by atoms with Gasteiger partial charge in [0.25, 0.3) is 0 Å². The molecule has 0 saturated carbocycles. The molecular formula is C28H40Hf. The van der Waals surface area contributed by atoms with Crippen LogP contribution in [0.25, 0.3) is 10.8 Å². The number of fused-ring (bicyclic) bond motifs is 2. The molecule has 3 aromatic rings. The van der Waals surface area contributed by atoms with E-state index in [0.29, 0.717) is 0 Å². The fraction of sp³-hybridized carbons (Fsp3) is 0.429. The molecule has 0 atom stereocenters. The van der Waals surface area contributed by atoms with Crippen LogP contribution < -0.4 is 0 Å². The number of rotatable bonds is 3. The monoisotopic (exact) mass is 556 g/mol. The van der Waals surface area contributed by atoms with E-state index in [-0.39, 0.29) is 40.7 Å². The zero-order chi connectivity index (χ0) is 18.8. The minimum absolute atomic E-state index is 0. The van der Waals surface area contributed by atoms with Gasteiger partial charge >= 0.3 is 25.8 Å². The van der Waals surface area contributed by atoms with Crippen LogP contribution in [0.15, 0.2) is 24.3 Å². The van der Waals surface area contributed by atoms with Gasteiger partial charge in [-0.1, -0.05) is 71.9 Å². The first-order valence-electron chi connectivity index (χ1n) is 10.3. The predicted molar refractivity (Wildman–Crippen MR) is 129 cm³/mol. The van der Waals surface area contributed by atoms with Crippen molar-refractivity contribution in [3.05, 3.63) is 83.6 Å². The van der Waals surface area contributed by atoms with E-state index in [2.05, 4.69) is 65.8 Å².